The number of hydrogen-bond donors (Lipinski definition) is 1. The number of phosphoric ester groups is 1. The number of ether oxygens (including phenoxy) is 2. The van der Waals surface area contributed by atoms with Crippen LogP contribution >= 0.6 is 7.82 Å². The standard InChI is InChI=1S/C20H40NO8P/c1-6-8-10-12-19(22)26-16-18(29-20(23)13-11-9-7-2)17-28-30(24,25)27-15-14-21(3,4)5/h18H,6-17H2,1-5H3/p+1/t18-/m0/s1. The summed E-state index contributed by atoms with van der Waals surface area (Å²) in [5.41, 5.74) is 0. The molecule has 0 heterocycles. The smallest absolute Gasteiger partial charge is 0.462 e. The minimum atomic E-state index is -4.31. The molecule has 0 amide bonds. The van der Waals surface area contributed by atoms with Crippen LogP contribution in [-0.4, -0.2) is 74.9 Å². The van der Waals surface area contributed by atoms with Crippen LogP contribution in [0.2, 0.25) is 0 Å². The van der Waals surface area contributed by atoms with E-state index in [4.69, 9.17) is 18.5 Å². The largest absolute Gasteiger partial charge is 0.472 e. The molecule has 0 radical (unpaired) electrons. The zero-order valence-corrected chi connectivity index (χ0v) is 20.2. The number of carbonyl (C=O) groups is 2. The summed E-state index contributed by atoms with van der Waals surface area (Å²) in [6, 6.07) is 0. The van der Waals surface area contributed by atoms with E-state index < -0.39 is 32.5 Å². The summed E-state index contributed by atoms with van der Waals surface area (Å²) >= 11 is 0. The third-order valence-electron chi connectivity index (χ3n) is 4.14. The monoisotopic (exact) mass is 454 g/mol. The first-order chi connectivity index (χ1) is 14.0. The molecule has 0 aromatic carbocycles. The normalized spacial score (nSPS) is 14.7. The van der Waals surface area contributed by atoms with Gasteiger partial charge in [-0.05, 0) is 12.8 Å². The zero-order chi connectivity index (χ0) is 23.0. The molecular weight excluding hydrogens is 413 g/mol. The quantitative estimate of drug-likeness (QED) is 0.145. The van der Waals surface area contributed by atoms with Crippen molar-refractivity contribution in [1.82, 2.24) is 0 Å². The highest BCUT2D eigenvalue weighted by molar-refractivity contribution is 7.47. The van der Waals surface area contributed by atoms with E-state index in [1.807, 2.05) is 35.0 Å². The molecule has 178 valence electrons. The first-order valence-corrected chi connectivity index (χ1v) is 12.3. The van der Waals surface area contributed by atoms with Crippen molar-refractivity contribution in [3.8, 4) is 0 Å². The summed E-state index contributed by atoms with van der Waals surface area (Å²) in [5, 5.41) is 0. The molecule has 0 saturated heterocycles. The van der Waals surface area contributed by atoms with Crippen molar-refractivity contribution >= 4 is 19.8 Å². The maximum absolute atomic E-state index is 12.1. The SMILES string of the molecule is CCCCCC(=O)OC[C@@H](COP(=O)(O)OCC[N+](C)(C)C)OC(=O)CCCCC. The van der Waals surface area contributed by atoms with E-state index in [1.165, 1.54) is 0 Å². The maximum Gasteiger partial charge on any atom is 0.472 e. The molecule has 0 aromatic heterocycles. The molecule has 30 heavy (non-hydrogen) atoms. The van der Waals surface area contributed by atoms with Crippen molar-refractivity contribution in [2.75, 3.05) is 47.5 Å². The number of unbranched alkanes of at least 4 members (excludes halogenated alkanes) is 4. The Kier molecular flexibility index (Phi) is 15.2. The highest BCUT2D eigenvalue weighted by Gasteiger charge is 2.26. The van der Waals surface area contributed by atoms with Crippen LogP contribution in [0.1, 0.15) is 65.2 Å². The van der Waals surface area contributed by atoms with Crippen molar-refractivity contribution in [2.45, 2.75) is 71.3 Å². The average molecular weight is 455 g/mol. The number of likely N-dealkylation sites (N-methyl/N-ethyl adjacent to an activating group) is 1. The molecule has 0 aromatic rings. The van der Waals surface area contributed by atoms with Gasteiger partial charge in [0.1, 0.15) is 19.8 Å². The van der Waals surface area contributed by atoms with Gasteiger partial charge in [-0.3, -0.25) is 18.6 Å². The molecule has 9 nitrogen and oxygen atoms in total. The topological polar surface area (TPSA) is 108 Å². The Balaban J connectivity index is 4.63. The van der Waals surface area contributed by atoms with Crippen molar-refractivity contribution in [2.24, 2.45) is 0 Å². The van der Waals surface area contributed by atoms with Crippen LogP contribution in [0.5, 0.6) is 0 Å². The van der Waals surface area contributed by atoms with Crippen LogP contribution in [0.3, 0.4) is 0 Å². The second-order valence-electron chi connectivity index (χ2n) is 8.32. The van der Waals surface area contributed by atoms with Crippen LogP contribution in [0, 0.1) is 0 Å². The Labute approximate surface area is 181 Å². The van der Waals surface area contributed by atoms with Gasteiger partial charge in [0, 0.05) is 12.8 Å². The van der Waals surface area contributed by atoms with Crippen LogP contribution in [0.4, 0.5) is 0 Å². The molecule has 1 N–H and O–H groups in total. The molecule has 0 aliphatic carbocycles. The van der Waals surface area contributed by atoms with E-state index in [-0.39, 0.29) is 26.1 Å². The van der Waals surface area contributed by atoms with Gasteiger partial charge >= 0.3 is 19.8 Å². The number of nitrogens with zero attached hydrogens (tertiary/aromatic N) is 1. The zero-order valence-electron chi connectivity index (χ0n) is 19.3. The van der Waals surface area contributed by atoms with Gasteiger partial charge in [-0.15, -0.1) is 0 Å². The Morgan fingerprint density at radius 2 is 1.47 bits per heavy atom. The van der Waals surface area contributed by atoms with Crippen LogP contribution in [-0.2, 0) is 32.7 Å². The second-order valence-corrected chi connectivity index (χ2v) is 9.77. The predicted molar refractivity (Wildman–Crippen MR) is 114 cm³/mol. The molecule has 0 bridgehead atoms. The highest BCUT2D eigenvalue weighted by Crippen LogP contribution is 2.43. The van der Waals surface area contributed by atoms with Gasteiger partial charge in [0.2, 0.25) is 0 Å². The molecule has 0 saturated carbocycles. The molecule has 0 aliphatic heterocycles. The first-order valence-electron chi connectivity index (χ1n) is 10.8. The van der Waals surface area contributed by atoms with E-state index in [0.717, 1.165) is 32.1 Å². The summed E-state index contributed by atoms with van der Waals surface area (Å²) < 4.78 is 33.0. The minimum absolute atomic E-state index is 0.0329. The molecule has 10 heteroatoms. The maximum atomic E-state index is 12.1. The van der Waals surface area contributed by atoms with Crippen molar-refractivity contribution < 1.29 is 42.1 Å². The Hall–Kier alpha value is -0.990. The number of esters is 2. The third-order valence-corrected chi connectivity index (χ3v) is 5.12. The van der Waals surface area contributed by atoms with Gasteiger partial charge in [-0.1, -0.05) is 39.5 Å². The van der Waals surface area contributed by atoms with Crippen LogP contribution in [0.15, 0.2) is 0 Å². The fourth-order valence-corrected chi connectivity index (χ4v) is 3.04. The van der Waals surface area contributed by atoms with Gasteiger partial charge in [0.25, 0.3) is 0 Å². The molecule has 0 aliphatic rings. The van der Waals surface area contributed by atoms with Crippen molar-refractivity contribution in [3.05, 3.63) is 0 Å². The lowest BCUT2D eigenvalue weighted by Crippen LogP contribution is -2.37. The summed E-state index contributed by atoms with van der Waals surface area (Å²) in [5.74, 6) is -0.861. The van der Waals surface area contributed by atoms with Crippen LogP contribution in [0.25, 0.3) is 0 Å². The number of carbonyl (C=O) groups excluding carboxylic acids is 2. The summed E-state index contributed by atoms with van der Waals surface area (Å²) in [6.07, 6.45) is 4.71. The number of phosphoric acid groups is 1. The van der Waals surface area contributed by atoms with E-state index in [1.54, 1.807) is 0 Å². The summed E-state index contributed by atoms with van der Waals surface area (Å²) in [7, 11) is 1.47. The van der Waals surface area contributed by atoms with Crippen molar-refractivity contribution in [3.63, 3.8) is 0 Å². The fraction of sp³-hybridized carbons (Fsp3) is 0.900. The molecule has 1 unspecified atom stereocenters. The Morgan fingerprint density at radius 1 is 0.900 bits per heavy atom. The molecule has 0 spiro atoms. The van der Waals surface area contributed by atoms with Gasteiger partial charge < -0.3 is 18.9 Å². The van der Waals surface area contributed by atoms with E-state index in [2.05, 4.69) is 0 Å². The molecule has 0 fully saturated rings. The number of rotatable bonds is 18. The van der Waals surface area contributed by atoms with E-state index in [0.29, 0.717) is 17.4 Å². The number of quaternary nitrogens is 1. The minimum Gasteiger partial charge on any atom is -0.462 e. The average Bonchev–Trinajstić information content (AvgIpc) is 2.63. The van der Waals surface area contributed by atoms with Gasteiger partial charge in [0.15, 0.2) is 6.10 Å². The van der Waals surface area contributed by atoms with Gasteiger partial charge in [0.05, 0.1) is 27.7 Å². The van der Waals surface area contributed by atoms with Gasteiger partial charge in [-0.2, -0.15) is 0 Å². The Bertz CT molecular complexity index is 535. The van der Waals surface area contributed by atoms with Gasteiger partial charge in [-0.25, -0.2) is 4.57 Å². The molecule has 0 rings (SSSR count). The lowest BCUT2D eigenvalue weighted by atomic mass is 10.2. The fourth-order valence-electron chi connectivity index (χ4n) is 2.30. The van der Waals surface area contributed by atoms with Crippen LogP contribution < -0.4 is 0 Å². The summed E-state index contributed by atoms with van der Waals surface area (Å²) in [6.45, 7) is 3.97. The first kappa shape index (κ1) is 29.0. The van der Waals surface area contributed by atoms with E-state index in [9.17, 15) is 19.0 Å². The van der Waals surface area contributed by atoms with Crippen molar-refractivity contribution in [1.29, 1.82) is 0 Å². The summed E-state index contributed by atoms with van der Waals surface area (Å²) in [4.78, 5) is 33.7. The predicted octanol–water partition coefficient (Wildman–Crippen LogP) is 3.44. The number of hydrogen-bond acceptors (Lipinski definition) is 7. The van der Waals surface area contributed by atoms with E-state index >= 15 is 0 Å². The second kappa shape index (κ2) is 15.8. The lowest BCUT2D eigenvalue weighted by molar-refractivity contribution is -0.870. The third kappa shape index (κ3) is 17.8. The molecular formula is C20H41NO8P+. The Morgan fingerprint density at radius 3 is 2.00 bits per heavy atom. The lowest BCUT2D eigenvalue weighted by Gasteiger charge is -2.24. The molecule has 2 atom stereocenters. The highest BCUT2D eigenvalue weighted by atomic mass is 31.2.